The highest BCUT2D eigenvalue weighted by atomic mass is 16.2. The van der Waals surface area contributed by atoms with Crippen molar-refractivity contribution in [3.05, 3.63) is 29.8 Å². The molecule has 5 nitrogen and oxygen atoms in total. The van der Waals surface area contributed by atoms with Crippen molar-refractivity contribution in [2.75, 3.05) is 31.1 Å². The van der Waals surface area contributed by atoms with Gasteiger partial charge in [-0.25, -0.2) is 4.79 Å². The lowest BCUT2D eigenvalue weighted by Crippen LogP contribution is -2.43. The van der Waals surface area contributed by atoms with Gasteiger partial charge in [0.1, 0.15) is 0 Å². The monoisotopic (exact) mass is 313 g/mol. The first-order chi connectivity index (χ1) is 11.2. The molecule has 0 unspecified atom stereocenters. The molecule has 122 valence electrons. The molecule has 5 heteroatoms. The number of nitrogens with zero attached hydrogens (tertiary/aromatic N) is 2. The van der Waals surface area contributed by atoms with Gasteiger partial charge in [0.2, 0.25) is 5.91 Å². The van der Waals surface area contributed by atoms with E-state index in [1.807, 2.05) is 29.2 Å². The van der Waals surface area contributed by atoms with Crippen LogP contribution < -0.4 is 10.2 Å². The van der Waals surface area contributed by atoms with E-state index < -0.39 is 0 Å². The van der Waals surface area contributed by atoms with Gasteiger partial charge >= 0.3 is 6.03 Å². The third-order valence-corrected chi connectivity index (χ3v) is 5.55. The van der Waals surface area contributed by atoms with Crippen LogP contribution in [0.15, 0.2) is 24.3 Å². The highest BCUT2D eigenvalue weighted by molar-refractivity contribution is 6.01. The molecule has 3 aliphatic rings. The van der Waals surface area contributed by atoms with Crippen molar-refractivity contribution in [1.29, 1.82) is 0 Å². The second-order valence-electron chi connectivity index (χ2n) is 6.94. The maximum Gasteiger partial charge on any atom is 0.317 e. The number of fused-ring (bicyclic) bond motifs is 2. The number of amides is 3. The molecule has 2 aliphatic heterocycles. The predicted octanol–water partition coefficient (Wildman–Crippen LogP) is 2.02. The van der Waals surface area contributed by atoms with Gasteiger partial charge in [-0.05, 0) is 36.3 Å². The van der Waals surface area contributed by atoms with E-state index in [-0.39, 0.29) is 11.9 Å². The summed E-state index contributed by atoms with van der Waals surface area (Å²) in [5, 5.41) is 2.99. The summed E-state index contributed by atoms with van der Waals surface area (Å²) in [7, 11) is 0. The number of para-hydroxylation sites is 1. The largest absolute Gasteiger partial charge is 0.336 e. The highest BCUT2D eigenvalue weighted by Crippen LogP contribution is 2.37. The lowest BCUT2D eigenvalue weighted by molar-refractivity contribution is -0.117. The van der Waals surface area contributed by atoms with E-state index in [4.69, 9.17) is 0 Å². The van der Waals surface area contributed by atoms with E-state index in [9.17, 15) is 9.59 Å². The Hall–Kier alpha value is -2.04. The number of urea groups is 1. The van der Waals surface area contributed by atoms with Crippen molar-refractivity contribution in [2.24, 2.45) is 11.8 Å². The van der Waals surface area contributed by atoms with Gasteiger partial charge in [-0.2, -0.15) is 0 Å². The molecule has 1 saturated heterocycles. The third-order valence-electron chi connectivity index (χ3n) is 5.55. The number of anilines is 1. The molecule has 4 rings (SSSR count). The van der Waals surface area contributed by atoms with Gasteiger partial charge in [0, 0.05) is 31.9 Å². The Labute approximate surface area is 136 Å². The molecule has 0 radical (unpaired) electrons. The summed E-state index contributed by atoms with van der Waals surface area (Å²) in [5.41, 5.74) is 2.07. The van der Waals surface area contributed by atoms with Gasteiger partial charge in [0.25, 0.3) is 0 Å². The summed E-state index contributed by atoms with van der Waals surface area (Å²) in [5.74, 6) is 1.55. The van der Waals surface area contributed by atoms with E-state index in [1.165, 1.54) is 19.3 Å². The molecule has 0 aromatic heterocycles. The first-order valence-corrected chi connectivity index (χ1v) is 8.63. The maximum absolute atomic E-state index is 12.3. The molecule has 23 heavy (non-hydrogen) atoms. The van der Waals surface area contributed by atoms with Crippen molar-refractivity contribution < 1.29 is 9.59 Å². The van der Waals surface area contributed by atoms with E-state index in [1.54, 1.807) is 4.90 Å². The summed E-state index contributed by atoms with van der Waals surface area (Å²) in [6.07, 6.45) is 4.34. The fraction of sp³-hybridized carbons (Fsp3) is 0.556. The van der Waals surface area contributed by atoms with Gasteiger partial charge in [-0.1, -0.05) is 24.6 Å². The van der Waals surface area contributed by atoms with Crippen LogP contribution in [0.4, 0.5) is 10.5 Å². The Morgan fingerprint density at radius 1 is 1.17 bits per heavy atom. The topological polar surface area (TPSA) is 52.7 Å². The number of nitrogens with one attached hydrogen (secondary N) is 1. The Balaban J connectivity index is 1.29. The molecule has 1 aliphatic carbocycles. The van der Waals surface area contributed by atoms with Crippen molar-refractivity contribution in [1.82, 2.24) is 10.2 Å². The zero-order chi connectivity index (χ0) is 15.8. The number of carbonyl (C=O) groups excluding carboxylic acids is 2. The summed E-state index contributed by atoms with van der Waals surface area (Å²) < 4.78 is 0. The van der Waals surface area contributed by atoms with Crippen molar-refractivity contribution in [2.45, 2.75) is 25.7 Å². The average Bonchev–Trinajstić information content (AvgIpc) is 3.20. The number of hydrogen-bond donors (Lipinski definition) is 1. The average molecular weight is 313 g/mol. The summed E-state index contributed by atoms with van der Waals surface area (Å²) in [4.78, 5) is 28.1. The fourth-order valence-corrected chi connectivity index (χ4v) is 4.35. The zero-order valence-electron chi connectivity index (χ0n) is 13.3. The zero-order valence-corrected chi connectivity index (χ0v) is 13.3. The molecule has 3 amide bonds. The number of carbonyl (C=O) groups is 2. The van der Waals surface area contributed by atoms with Gasteiger partial charge in [-0.3, -0.25) is 4.79 Å². The number of likely N-dealkylation sites (tertiary alicyclic amines) is 1. The summed E-state index contributed by atoms with van der Waals surface area (Å²) >= 11 is 0. The molecule has 2 heterocycles. The standard InChI is InChI=1S/C18H23N3O2/c22-17-10-13-4-1-2-7-16(13)21(17)9-8-19-18(23)20-11-14-5-3-6-15(14)12-20/h1-2,4,7,14-15H,3,5-6,8-12H2,(H,19,23)/t14-,15+. The Morgan fingerprint density at radius 3 is 2.70 bits per heavy atom. The second-order valence-corrected chi connectivity index (χ2v) is 6.94. The Bertz CT molecular complexity index is 618. The van der Waals surface area contributed by atoms with Gasteiger partial charge < -0.3 is 15.1 Å². The predicted molar refractivity (Wildman–Crippen MR) is 88.3 cm³/mol. The molecule has 1 saturated carbocycles. The van der Waals surface area contributed by atoms with Crippen LogP contribution in [0.5, 0.6) is 0 Å². The molecule has 2 atom stereocenters. The van der Waals surface area contributed by atoms with Gasteiger partial charge in [-0.15, -0.1) is 0 Å². The SMILES string of the molecule is O=C(NCCN1C(=O)Cc2ccccc21)N1C[C@H]2CCC[C@H]2C1. The quantitative estimate of drug-likeness (QED) is 0.928. The molecule has 0 spiro atoms. The Kier molecular flexibility index (Phi) is 3.71. The van der Waals surface area contributed by atoms with E-state index in [2.05, 4.69) is 5.32 Å². The smallest absolute Gasteiger partial charge is 0.317 e. The minimum atomic E-state index is 0.0272. The Morgan fingerprint density at radius 2 is 1.91 bits per heavy atom. The minimum absolute atomic E-state index is 0.0272. The summed E-state index contributed by atoms with van der Waals surface area (Å²) in [6, 6.07) is 7.91. The molecular formula is C18H23N3O2. The van der Waals surface area contributed by atoms with Crippen LogP contribution in [-0.4, -0.2) is 43.0 Å². The molecular weight excluding hydrogens is 290 g/mol. The number of hydrogen-bond acceptors (Lipinski definition) is 2. The lowest BCUT2D eigenvalue weighted by atomic mass is 10.0. The normalized spacial score (nSPS) is 25.7. The van der Waals surface area contributed by atoms with Crippen LogP contribution in [-0.2, 0) is 11.2 Å². The highest BCUT2D eigenvalue weighted by Gasteiger charge is 2.38. The van der Waals surface area contributed by atoms with E-state index in [0.29, 0.717) is 31.3 Å². The first-order valence-electron chi connectivity index (χ1n) is 8.63. The number of rotatable bonds is 3. The van der Waals surface area contributed by atoms with E-state index in [0.717, 1.165) is 24.3 Å². The number of benzene rings is 1. The maximum atomic E-state index is 12.3. The van der Waals surface area contributed by atoms with E-state index >= 15 is 0 Å². The van der Waals surface area contributed by atoms with Crippen LogP contribution >= 0.6 is 0 Å². The molecule has 2 fully saturated rings. The van der Waals surface area contributed by atoms with Crippen LogP contribution in [0.3, 0.4) is 0 Å². The fourth-order valence-electron chi connectivity index (χ4n) is 4.35. The first kappa shape index (κ1) is 14.5. The molecule has 0 bridgehead atoms. The van der Waals surface area contributed by atoms with Gasteiger partial charge in [0.05, 0.1) is 6.42 Å². The van der Waals surface area contributed by atoms with Crippen LogP contribution in [0.2, 0.25) is 0 Å². The van der Waals surface area contributed by atoms with Crippen LogP contribution in [0, 0.1) is 11.8 Å². The van der Waals surface area contributed by atoms with Crippen LogP contribution in [0.1, 0.15) is 24.8 Å². The van der Waals surface area contributed by atoms with Crippen LogP contribution in [0.25, 0.3) is 0 Å². The lowest BCUT2D eigenvalue weighted by Gasteiger charge is -2.21. The summed E-state index contributed by atoms with van der Waals surface area (Å²) in [6.45, 7) is 2.86. The van der Waals surface area contributed by atoms with Crippen molar-refractivity contribution in [3.63, 3.8) is 0 Å². The van der Waals surface area contributed by atoms with Gasteiger partial charge in [0.15, 0.2) is 0 Å². The molecule has 1 N–H and O–H groups in total. The third kappa shape index (κ3) is 2.69. The second kappa shape index (κ2) is 5.87. The van der Waals surface area contributed by atoms with Crippen molar-refractivity contribution in [3.8, 4) is 0 Å². The molecule has 1 aromatic rings. The minimum Gasteiger partial charge on any atom is -0.336 e. The van der Waals surface area contributed by atoms with Crippen molar-refractivity contribution >= 4 is 17.6 Å². The molecule has 1 aromatic carbocycles.